The summed E-state index contributed by atoms with van der Waals surface area (Å²) in [6, 6.07) is 43.6. The molecule has 0 unspecified atom stereocenters. The summed E-state index contributed by atoms with van der Waals surface area (Å²) in [6.45, 7) is 0. The zero-order valence-electron chi connectivity index (χ0n) is 19.9. The molecule has 1 aromatic heterocycles. The molecular formula is C35H20N2. The SMILES string of the molecule is N#Cc1ccnc(-c2ccc3c(c2)-c2c(ccc4ccccc24)C32c3ccccc3-c3ccccc32)c1. The van der Waals surface area contributed by atoms with E-state index < -0.39 is 0 Å². The zero-order valence-corrected chi connectivity index (χ0v) is 19.9. The van der Waals surface area contributed by atoms with Gasteiger partial charge >= 0.3 is 0 Å². The molecule has 2 heteroatoms. The molecule has 2 aliphatic carbocycles. The van der Waals surface area contributed by atoms with Crippen LogP contribution in [0.15, 0.2) is 121 Å². The maximum absolute atomic E-state index is 9.46. The Labute approximate surface area is 215 Å². The Balaban J connectivity index is 1.53. The molecule has 1 spiro atoms. The lowest BCUT2D eigenvalue weighted by molar-refractivity contribution is 0.794. The minimum Gasteiger partial charge on any atom is -0.256 e. The van der Waals surface area contributed by atoms with E-state index in [-0.39, 0.29) is 5.41 Å². The van der Waals surface area contributed by atoms with Crippen LogP contribution in [0.5, 0.6) is 0 Å². The minimum atomic E-state index is -0.373. The summed E-state index contributed by atoms with van der Waals surface area (Å²) in [6.07, 6.45) is 1.72. The first-order chi connectivity index (χ1) is 18.3. The number of hydrogen-bond donors (Lipinski definition) is 0. The van der Waals surface area contributed by atoms with E-state index in [0.29, 0.717) is 5.56 Å². The van der Waals surface area contributed by atoms with Crippen LogP contribution in [0, 0.1) is 11.3 Å². The molecule has 6 aromatic rings. The van der Waals surface area contributed by atoms with E-state index in [1.807, 2.05) is 6.07 Å². The van der Waals surface area contributed by atoms with Crippen molar-refractivity contribution in [2.24, 2.45) is 0 Å². The summed E-state index contributed by atoms with van der Waals surface area (Å²) in [5.74, 6) is 0. The third-order valence-corrected chi connectivity index (χ3v) is 8.16. The zero-order chi connectivity index (χ0) is 24.6. The fourth-order valence-corrected chi connectivity index (χ4v) is 6.73. The van der Waals surface area contributed by atoms with Crippen LogP contribution >= 0.6 is 0 Å². The van der Waals surface area contributed by atoms with Gasteiger partial charge in [0.2, 0.25) is 0 Å². The van der Waals surface area contributed by atoms with E-state index in [9.17, 15) is 5.26 Å². The minimum absolute atomic E-state index is 0.373. The van der Waals surface area contributed by atoms with E-state index in [2.05, 4.69) is 114 Å². The maximum atomic E-state index is 9.46. The number of hydrogen-bond acceptors (Lipinski definition) is 2. The Morgan fingerprint density at radius 3 is 2.05 bits per heavy atom. The Hall–Kier alpha value is -5.00. The molecule has 170 valence electrons. The molecule has 0 saturated heterocycles. The van der Waals surface area contributed by atoms with E-state index in [1.54, 1.807) is 12.3 Å². The molecule has 37 heavy (non-hydrogen) atoms. The Kier molecular flexibility index (Phi) is 3.97. The molecule has 0 fully saturated rings. The van der Waals surface area contributed by atoms with Gasteiger partial charge in [0.15, 0.2) is 0 Å². The Morgan fingerprint density at radius 1 is 0.595 bits per heavy atom. The van der Waals surface area contributed by atoms with Crippen molar-refractivity contribution in [3.8, 4) is 39.6 Å². The number of aromatic nitrogens is 1. The second kappa shape index (κ2) is 7.26. The summed E-state index contributed by atoms with van der Waals surface area (Å²) in [5, 5.41) is 12.0. The summed E-state index contributed by atoms with van der Waals surface area (Å²) in [4.78, 5) is 4.61. The smallest absolute Gasteiger partial charge is 0.0992 e. The highest BCUT2D eigenvalue weighted by atomic mass is 14.7. The molecule has 2 aliphatic rings. The van der Waals surface area contributed by atoms with Gasteiger partial charge in [-0.3, -0.25) is 4.98 Å². The van der Waals surface area contributed by atoms with Gasteiger partial charge in [-0.15, -0.1) is 0 Å². The number of benzene rings is 5. The fourth-order valence-electron chi connectivity index (χ4n) is 6.73. The Morgan fingerprint density at radius 2 is 1.27 bits per heavy atom. The van der Waals surface area contributed by atoms with Crippen LogP contribution in [0.1, 0.15) is 27.8 Å². The first-order valence-electron chi connectivity index (χ1n) is 12.5. The van der Waals surface area contributed by atoms with Gasteiger partial charge in [0.05, 0.1) is 22.7 Å². The van der Waals surface area contributed by atoms with Crippen LogP contribution in [-0.4, -0.2) is 4.98 Å². The number of fused-ring (bicyclic) bond motifs is 12. The van der Waals surface area contributed by atoms with Crippen molar-refractivity contribution < 1.29 is 0 Å². The predicted molar refractivity (Wildman–Crippen MR) is 148 cm³/mol. The lowest BCUT2D eigenvalue weighted by Gasteiger charge is -2.30. The van der Waals surface area contributed by atoms with Gasteiger partial charge in [0.1, 0.15) is 0 Å². The molecule has 0 atom stereocenters. The number of nitriles is 1. The van der Waals surface area contributed by atoms with Gasteiger partial charge in [0, 0.05) is 11.8 Å². The van der Waals surface area contributed by atoms with Crippen LogP contribution in [0.4, 0.5) is 0 Å². The van der Waals surface area contributed by atoms with Crippen molar-refractivity contribution in [3.05, 3.63) is 149 Å². The molecule has 8 rings (SSSR count). The summed E-state index contributed by atoms with van der Waals surface area (Å²) >= 11 is 0. The molecule has 0 saturated carbocycles. The molecule has 0 bridgehead atoms. The van der Waals surface area contributed by atoms with Crippen LogP contribution in [-0.2, 0) is 5.41 Å². The van der Waals surface area contributed by atoms with Crippen molar-refractivity contribution in [1.29, 1.82) is 5.26 Å². The second-order valence-corrected chi connectivity index (χ2v) is 9.85. The van der Waals surface area contributed by atoms with Crippen molar-refractivity contribution in [2.45, 2.75) is 5.41 Å². The molecule has 5 aromatic carbocycles. The highest BCUT2D eigenvalue weighted by molar-refractivity contribution is 6.06. The highest BCUT2D eigenvalue weighted by Gasteiger charge is 2.51. The first-order valence-corrected chi connectivity index (χ1v) is 12.5. The normalized spacial score (nSPS) is 13.6. The summed E-state index contributed by atoms with van der Waals surface area (Å²) in [5.41, 5.74) is 12.5. The van der Waals surface area contributed by atoms with Gasteiger partial charge in [-0.2, -0.15) is 5.26 Å². The monoisotopic (exact) mass is 468 g/mol. The third-order valence-electron chi connectivity index (χ3n) is 8.16. The standard InChI is InChI=1S/C35H20N2/c36-21-22-17-18-37-33(19-22)24-14-15-31-28(20-24)34-25-8-2-1-7-23(25)13-16-32(34)35(31)29-11-5-3-9-26(29)27-10-4-6-12-30(27)35/h1-20H. The largest absolute Gasteiger partial charge is 0.256 e. The lowest BCUT2D eigenvalue weighted by Crippen LogP contribution is -2.25. The van der Waals surface area contributed by atoms with Crippen LogP contribution < -0.4 is 0 Å². The van der Waals surface area contributed by atoms with Gasteiger partial charge in [-0.25, -0.2) is 0 Å². The Bertz CT molecular complexity index is 1910. The van der Waals surface area contributed by atoms with Crippen LogP contribution in [0.2, 0.25) is 0 Å². The van der Waals surface area contributed by atoms with Gasteiger partial charge < -0.3 is 0 Å². The number of nitrogens with zero attached hydrogens (tertiary/aromatic N) is 2. The first kappa shape index (κ1) is 20.2. The molecule has 1 heterocycles. The average molecular weight is 469 g/mol. The average Bonchev–Trinajstić information content (AvgIpc) is 3.44. The van der Waals surface area contributed by atoms with Gasteiger partial charge in [-0.05, 0) is 73.5 Å². The molecule has 0 amide bonds. The fraction of sp³-hybridized carbons (Fsp3) is 0.0286. The maximum Gasteiger partial charge on any atom is 0.0992 e. The highest BCUT2D eigenvalue weighted by Crippen LogP contribution is 2.63. The van der Waals surface area contributed by atoms with E-state index in [4.69, 9.17) is 0 Å². The van der Waals surface area contributed by atoms with Crippen LogP contribution in [0.3, 0.4) is 0 Å². The topological polar surface area (TPSA) is 36.7 Å². The van der Waals surface area contributed by atoms with Crippen molar-refractivity contribution in [3.63, 3.8) is 0 Å². The number of rotatable bonds is 1. The predicted octanol–water partition coefficient (Wildman–Crippen LogP) is 8.12. The van der Waals surface area contributed by atoms with Crippen molar-refractivity contribution >= 4 is 10.8 Å². The van der Waals surface area contributed by atoms with E-state index in [1.165, 1.54) is 55.3 Å². The molecular weight excluding hydrogens is 448 g/mol. The molecule has 0 N–H and O–H groups in total. The van der Waals surface area contributed by atoms with Gasteiger partial charge in [-0.1, -0.05) is 97.1 Å². The lowest BCUT2D eigenvalue weighted by atomic mass is 9.70. The summed E-state index contributed by atoms with van der Waals surface area (Å²) < 4.78 is 0. The third kappa shape index (κ3) is 2.51. The molecule has 2 nitrogen and oxygen atoms in total. The number of pyridine rings is 1. The quantitative estimate of drug-likeness (QED) is 0.244. The molecule has 0 aliphatic heterocycles. The second-order valence-electron chi connectivity index (χ2n) is 9.85. The van der Waals surface area contributed by atoms with Gasteiger partial charge in [0.25, 0.3) is 0 Å². The summed E-state index contributed by atoms with van der Waals surface area (Å²) in [7, 11) is 0. The van der Waals surface area contributed by atoms with Crippen LogP contribution in [0.25, 0.3) is 44.3 Å². The molecule has 0 radical (unpaired) electrons. The van der Waals surface area contributed by atoms with Crippen molar-refractivity contribution in [1.82, 2.24) is 4.98 Å². The van der Waals surface area contributed by atoms with E-state index >= 15 is 0 Å². The van der Waals surface area contributed by atoms with Crippen molar-refractivity contribution in [2.75, 3.05) is 0 Å². The van der Waals surface area contributed by atoms with E-state index in [0.717, 1.165) is 11.3 Å².